The number of hydrogen-bond acceptors (Lipinski definition) is 1. The van der Waals surface area contributed by atoms with Crippen molar-refractivity contribution >= 4 is 34.2 Å². The average molecular weight is 217 g/mol. The minimum atomic E-state index is -0.173. The van der Waals surface area contributed by atoms with E-state index in [2.05, 4.69) is 4.98 Å². The van der Waals surface area contributed by atoms with Crippen LogP contribution < -0.4 is 5.69 Å². The molecule has 0 aliphatic rings. The lowest BCUT2D eigenvalue weighted by Crippen LogP contribution is -2.11. The molecule has 3 nitrogen and oxygen atoms in total. The van der Waals surface area contributed by atoms with Crippen molar-refractivity contribution in [1.29, 1.82) is 0 Å². The maximum Gasteiger partial charge on any atom is 0.326 e. The molecule has 0 aliphatic carbocycles. The van der Waals surface area contributed by atoms with Gasteiger partial charge in [-0.1, -0.05) is 23.2 Å². The first-order valence-electron chi connectivity index (χ1n) is 3.63. The van der Waals surface area contributed by atoms with Gasteiger partial charge < -0.3 is 4.98 Å². The normalized spacial score (nSPS) is 11.0. The second-order valence-electron chi connectivity index (χ2n) is 2.77. The van der Waals surface area contributed by atoms with Crippen molar-refractivity contribution in [3.8, 4) is 0 Å². The number of fused-ring (bicyclic) bond motifs is 1. The Bertz CT molecular complexity index is 527. The van der Waals surface area contributed by atoms with Crippen LogP contribution in [0, 0.1) is 0 Å². The van der Waals surface area contributed by atoms with Crippen LogP contribution >= 0.6 is 23.2 Å². The molecule has 0 unspecified atom stereocenters. The highest BCUT2D eigenvalue weighted by atomic mass is 35.5. The molecule has 1 aromatic carbocycles. The molecular formula is C8H6Cl2N2O. The highest BCUT2D eigenvalue weighted by molar-refractivity contribution is 6.42. The lowest BCUT2D eigenvalue weighted by Gasteiger charge is -1.96. The number of benzene rings is 1. The lowest BCUT2D eigenvalue weighted by molar-refractivity contribution is 0.891. The first-order valence-corrected chi connectivity index (χ1v) is 4.39. The maximum atomic E-state index is 11.2. The molecule has 0 atom stereocenters. The molecule has 13 heavy (non-hydrogen) atoms. The summed E-state index contributed by atoms with van der Waals surface area (Å²) >= 11 is 11.6. The molecule has 68 valence electrons. The van der Waals surface area contributed by atoms with E-state index >= 15 is 0 Å². The van der Waals surface area contributed by atoms with Gasteiger partial charge in [-0.3, -0.25) is 4.57 Å². The number of H-pyrrole nitrogens is 1. The number of aryl methyl sites for hydroxylation is 1. The number of imidazole rings is 1. The molecule has 0 aliphatic heterocycles. The molecular weight excluding hydrogens is 211 g/mol. The summed E-state index contributed by atoms with van der Waals surface area (Å²) in [6.45, 7) is 0. The fraction of sp³-hybridized carbons (Fsp3) is 0.125. The van der Waals surface area contributed by atoms with Gasteiger partial charge in [0, 0.05) is 7.05 Å². The fourth-order valence-electron chi connectivity index (χ4n) is 1.22. The molecule has 0 fully saturated rings. The van der Waals surface area contributed by atoms with Crippen molar-refractivity contribution in [2.45, 2.75) is 0 Å². The molecule has 2 rings (SSSR count). The number of aromatic nitrogens is 2. The van der Waals surface area contributed by atoms with E-state index in [0.29, 0.717) is 15.6 Å². The van der Waals surface area contributed by atoms with Crippen LogP contribution in [0.5, 0.6) is 0 Å². The summed E-state index contributed by atoms with van der Waals surface area (Å²) in [6.07, 6.45) is 0. The molecule has 2 aromatic rings. The monoisotopic (exact) mass is 216 g/mol. The maximum absolute atomic E-state index is 11.2. The van der Waals surface area contributed by atoms with Crippen LogP contribution in [0.2, 0.25) is 10.0 Å². The van der Waals surface area contributed by atoms with Crippen LogP contribution in [0.25, 0.3) is 11.0 Å². The van der Waals surface area contributed by atoms with Crippen LogP contribution in [0.4, 0.5) is 0 Å². The molecule has 0 saturated carbocycles. The SMILES string of the molecule is Cn1c(=O)[nH]c2cc(Cl)c(Cl)cc21. The zero-order valence-electron chi connectivity index (χ0n) is 6.77. The van der Waals surface area contributed by atoms with Gasteiger partial charge in [-0.25, -0.2) is 4.79 Å². The largest absolute Gasteiger partial charge is 0.326 e. The van der Waals surface area contributed by atoms with E-state index in [0.717, 1.165) is 5.52 Å². The fourth-order valence-corrected chi connectivity index (χ4v) is 1.54. The third-order valence-corrected chi connectivity index (χ3v) is 2.67. The van der Waals surface area contributed by atoms with Crippen LogP contribution in [0.3, 0.4) is 0 Å². The highest BCUT2D eigenvalue weighted by Gasteiger charge is 2.06. The van der Waals surface area contributed by atoms with Crippen LogP contribution in [0.15, 0.2) is 16.9 Å². The summed E-state index contributed by atoms with van der Waals surface area (Å²) in [6, 6.07) is 3.30. The Kier molecular flexibility index (Phi) is 1.86. The van der Waals surface area contributed by atoms with Crippen molar-refractivity contribution in [3.63, 3.8) is 0 Å². The van der Waals surface area contributed by atoms with E-state index in [4.69, 9.17) is 23.2 Å². The number of hydrogen-bond donors (Lipinski definition) is 1. The van der Waals surface area contributed by atoms with Crippen LogP contribution in [-0.4, -0.2) is 9.55 Å². The summed E-state index contributed by atoms with van der Waals surface area (Å²) < 4.78 is 1.48. The first-order chi connectivity index (χ1) is 6.09. The molecule has 0 amide bonds. The third-order valence-electron chi connectivity index (χ3n) is 1.95. The Hall–Kier alpha value is -0.930. The molecule has 1 heterocycles. The van der Waals surface area contributed by atoms with Gasteiger partial charge in [0.15, 0.2) is 0 Å². The van der Waals surface area contributed by atoms with Crippen LogP contribution in [-0.2, 0) is 7.05 Å². The number of halogens is 2. The predicted octanol–water partition coefficient (Wildman–Crippen LogP) is 2.17. The van der Waals surface area contributed by atoms with E-state index < -0.39 is 0 Å². The van der Waals surface area contributed by atoms with Gasteiger partial charge in [0.1, 0.15) is 0 Å². The lowest BCUT2D eigenvalue weighted by atomic mass is 10.3. The van der Waals surface area contributed by atoms with E-state index in [1.165, 1.54) is 4.57 Å². The molecule has 1 N–H and O–H groups in total. The number of nitrogens with zero attached hydrogens (tertiary/aromatic N) is 1. The Morgan fingerprint density at radius 2 is 1.92 bits per heavy atom. The van der Waals surface area contributed by atoms with Gasteiger partial charge >= 0.3 is 5.69 Å². The Morgan fingerprint density at radius 3 is 2.62 bits per heavy atom. The van der Waals surface area contributed by atoms with E-state index in [-0.39, 0.29) is 5.69 Å². The van der Waals surface area contributed by atoms with Crippen LogP contribution in [0.1, 0.15) is 0 Å². The van der Waals surface area contributed by atoms with Gasteiger partial charge in [-0.15, -0.1) is 0 Å². The number of rotatable bonds is 0. The van der Waals surface area contributed by atoms with Crippen molar-refractivity contribution in [1.82, 2.24) is 9.55 Å². The van der Waals surface area contributed by atoms with Crippen molar-refractivity contribution < 1.29 is 0 Å². The summed E-state index contributed by atoms with van der Waals surface area (Å²) in [7, 11) is 1.67. The van der Waals surface area contributed by atoms with Gasteiger partial charge in [0.25, 0.3) is 0 Å². The quantitative estimate of drug-likeness (QED) is 0.721. The molecule has 1 aromatic heterocycles. The second-order valence-corrected chi connectivity index (χ2v) is 3.59. The van der Waals surface area contributed by atoms with Crippen molar-refractivity contribution in [3.05, 3.63) is 32.7 Å². The van der Waals surface area contributed by atoms with E-state index in [1.54, 1.807) is 19.2 Å². The minimum Gasteiger partial charge on any atom is -0.305 e. The number of aromatic amines is 1. The van der Waals surface area contributed by atoms with Crippen molar-refractivity contribution in [2.75, 3.05) is 0 Å². The smallest absolute Gasteiger partial charge is 0.305 e. The summed E-state index contributed by atoms with van der Waals surface area (Å²) in [5.41, 5.74) is 1.27. The Morgan fingerprint density at radius 1 is 1.31 bits per heavy atom. The highest BCUT2D eigenvalue weighted by Crippen LogP contribution is 2.25. The first kappa shape index (κ1) is 8.66. The Balaban J connectivity index is 2.97. The molecule has 0 radical (unpaired) electrons. The minimum absolute atomic E-state index is 0.173. The molecule has 0 bridgehead atoms. The zero-order chi connectivity index (χ0) is 9.59. The van der Waals surface area contributed by atoms with E-state index in [9.17, 15) is 4.79 Å². The van der Waals surface area contributed by atoms with Crippen molar-refractivity contribution in [2.24, 2.45) is 7.05 Å². The average Bonchev–Trinajstić information content (AvgIpc) is 2.32. The second kappa shape index (κ2) is 2.79. The zero-order valence-corrected chi connectivity index (χ0v) is 8.28. The number of nitrogens with one attached hydrogen (secondary N) is 1. The topological polar surface area (TPSA) is 37.8 Å². The van der Waals surface area contributed by atoms with Gasteiger partial charge in [0.05, 0.1) is 21.1 Å². The van der Waals surface area contributed by atoms with Gasteiger partial charge in [-0.05, 0) is 12.1 Å². The summed E-state index contributed by atoms with van der Waals surface area (Å²) in [5, 5.41) is 0.889. The van der Waals surface area contributed by atoms with Gasteiger partial charge in [0.2, 0.25) is 0 Å². The predicted molar refractivity (Wildman–Crippen MR) is 53.6 cm³/mol. The van der Waals surface area contributed by atoms with E-state index in [1.807, 2.05) is 0 Å². The Labute approximate surface area is 83.9 Å². The molecule has 0 saturated heterocycles. The molecule has 0 spiro atoms. The van der Waals surface area contributed by atoms with Gasteiger partial charge in [-0.2, -0.15) is 0 Å². The molecule has 5 heteroatoms. The summed E-state index contributed by atoms with van der Waals surface area (Å²) in [4.78, 5) is 13.8. The summed E-state index contributed by atoms with van der Waals surface area (Å²) in [5.74, 6) is 0. The third kappa shape index (κ3) is 1.24. The standard InChI is InChI=1S/C8H6Cl2N2O/c1-12-7-3-5(10)4(9)2-6(7)11-8(12)13/h2-3H,1H3,(H,11,13).